The largest absolute Gasteiger partial charge is 0.494 e. The van der Waals surface area contributed by atoms with Crippen LogP contribution in [0.3, 0.4) is 0 Å². The lowest BCUT2D eigenvalue weighted by Crippen LogP contribution is -2.16. The molecule has 0 aliphatic carbocycles. The molecule has 0 amide bonds. The van der Waals surface area contributed by atoms with Gasteiger partial charge in [0.05, 0.1) is 25.2 Å². The Morgan fingerprint density at radius 3 is 2.41 bits per heavy atom. The van der Waals surface area contributed by atoms with Crippen LogP contribution in [0.2, 0.25) is 0 Å². The van der Waals surface area contributed by atoms with Gasteiger partial charge in [-0.15, -0.1) is 0 Å². The minimum absolute atomic E-state index is 0.0318. The summed E-state index contributed by atoms with van der Waals surface area (Å²) in [4.78, 5) is 25.5. The van der Waals surface area contributed by atoms with E-state index in [1.165, 1.54) is 23.8 Å². The Kier molecular flexibility index (Phi) is 6.07. The number of methoxy groups -OCH3 is 1. The summed E-state index contributed by atoms with van der Waals surface area (Å²) in [6.07, 6.45) is -0.289. The number of esters is 1. The minimum Gasteiger partial charge on any atom is -0.494 e. The third-order valence-corrected chi connectivity index (χ3v) is 5.12. The fourth-order valence-corrected chi connectivity index (χ4v) is 3.56. The molecular weight excluding hydrogens is 441 g/mol. The number of rotatable bonds is 5. The molecule has 29 heavy (non-hydrogen) atoms. The molecule has 0 bridgehead atoms. The number of fused-ring (bicyclic) bond motifs is 1. The number of halogens is 2. The van der Waals surface area contributed by atoms with E-state index < -0.39 is 11.8 Å². The summed E-state index contributed by atoms with van der Waals surface area (Å²) in [6.45, 7) is 5.27. The number of carbonyl (C=O) groups is 2. The second-order valence-corrected chi connectivity index (χ2v) is 7.85. The van der Waals surface area contributed by atoms with Crippen LogP contribution in [0, 0.1) is 12.7 Å². The fraction of sp³-hybridized carbons (Fsp3) is 0.273. The zero-order valence-electron chi connectivity index (χ0n) is 16.6. The van der Waals surface area contributed by atoms with Crippen molar-refractivity contribution in [2.75, 3.05) is 7.11 Å². The van der Waals surface area contributed by atoms with Crippen LogP contribution in [0.4, 0.5) is 4.39 Å². The van der Waals surface area contributed by atoms with Gasteiger partial charge in [-0.25, -0.2) is 4.39 Å². The molecule has 3 rings (SSSR count). The fourth-order valence-electron chi connectivity index (χ4n) is 3.29. The number of ether oxygens (including phenoxy) is 2. The zero-order chi connectivity index (χ0) is 21.3. The van der Waals surface area contributed by atoms with Crippen LogP contribution < -0.4 is 4.74 Å². The summed E-state index contributed by atoms with van der Waals surface area (Å²) in [5.74, 6) is -1.27. The van der Waals surface area contributed by atoms with Gasteiger partial charge in [0, 0.05) is 27.2 Å². The Labute approximate surface area is 176 Å². The Hall–Kier alpha value is -2.67. The summed E-state index contributed by atoms with van der Waals surface area (Å²) in [6, 6.07) is 9.67. The molecule has 0 saturated heterocycles. The van der Waals surface area contributed by atoms with E-state index in [1.807, 2.05) is 0 Å². The summed E-state index contributed by atoms with van der Waals surface area (Å²) in [5, 5.41) is 0.576. The van der Waals surface area contributed by atoms with Crippen molar-refractivity contribution in [3.05, 3.63) is 63.5 Å². The highest BCUT2D eigenvalue weighted by Gasteiger charge is 2.24. The van der Waals surface area contributed by atoms with E-state index in [1.54, 1.807) is 45.0 Å². The Bertz CT molecular complexity index is 1090. The smallest absolute Gasteiger partial charge is 0.310 e. The third-order valence-electron chi connectivity index (χ3n) is 4.59. The van der Waals surface area contributed by atoms with Crippen molar-refractivity contribution in [2.45, 2.75) is 33.3 Å². The SMILES string of the molecule is COc1cc2c(CC(=O)OC(C)C)c(C)n(C(=O)c3ccc(Br)cc3)c2cc1F. The summed E-state index contributed by atoms with van der Waals surface area (Å²) in [5.41, 5.74) is 1.98. The van der Waals surface area contributed by atoms with Gasteiger partial charge in [-0.2, -0.15) is 0 Å². The van der Waals surface area contributed by atoms with Gasteiger partial charge in [0.15, 0.2) is 11.6 Å². The molecule has 0 fully saturated rings. The molecule has 2 aromatic carbocycles. The van der Waals surface area contributed by atoms with Crippen LogP contribution >= 0.6 is 15.9 Å². The number of nitrogens with zero attached hydrogens (tertiary/aromatic N) is 1. The maximum atomic E-state index is 14.4. The summed E-state index contributed by atoms with van der Waals surface area (Å²) < 4.78 is 27.1. The predicted molar refractivity (Wildman–Crippen MR) is 112 cm³/mol. The molecule has 0 N–H and O–H groups in total. The van der Waals surface area contributed by atoms with E-state index in [-0.39, 0.29) is 24.2 Å². The molecule has 152 valence electrons. The number of aromatic nitrogens is 1. The molecule has 0 radical (unpaired) electrons. The van der Waals surface area contributed by atoms with Gasteiger partial charge in [-0.05, 0) is 56.7 Å². The van der Waals surface area contributed by atoms with Crippen LogP contribution in [0.1, 0.15) is 35.5 Å². The molecule has 0 unspecified atom stereocenters. The highest BCUT2D eigenvalue weighted by Crippen LogP contribution is 2.33. The standard InChI is InChI=1S/C22H21BrFNO4/c1-12(2)29-21(26)10-16-13(3)25(22(27)14-5-7-15(23)8-6-14)19-11-18(24)20(28-4)9-17(16)19/h5-9,11-12H,10H2,1-4H3. The average Bonchev–Trinajstić information content (AvgIpc) is 2.91. The number of benzene rings is 2. The van der Waals surface area contributed by atoms with E-state index in [0.29, 0.717) is 27.7 Å². The Balaban J connectivity index is 2.20. The zero-order valence-corrected chi connectivity index (χ0v) is 18.2. The Morgan fingerprint density at radius 2 is 1.83 bits per heavy atom. The monoisotopic (exact) mass is 461 g/mol. The number of hydrogen-bond donors (Lipinski definition) is 0. The minimum atomic E-state index is -0.585. The highest BCUT2D eigenvalue weighted by atomic mass is 79.9. The van der Waals surface area contributed by atoms with Crippen molar-refractivity contribution in [1.82, 2.24) is 4.57 Å². The first-order chi connectivity index (χ1) is 13.7. The van der Waals surface area contributed by atoms with E-state index in [4.69, 9.17) is 9.47 Å². The van der Waals surface area contributed by atoms with Crippen molar-refractivity contribution in [2.24, 2.45) is 0 Å². The van der Waals surface area contributed by atoms with Gasteiger partial charge in [-0.3, -0.25) is 14.2 Å². The molecule has 7 heteroatoms. The van der Waals surface area contributed by atoms with E-state index in [0.717, 1.165) is 4.47 Å². The van der Waals surface area contributed by atoms with Gasteiger partial charge in [0.2, 0.25) is 0 Å². The van der Waals surface area contributed by atoms with Crippen LogP contribution in [-0.2, 0) is 16.0 Å². The van der Waals surface area contributed by atoms with Gasteiger partial charge in [-0.1, -0.05) is 15.9 Å². The van der Waals surface area contributed by atoms with E-state index >= 15 is 0 Å². The first-order valence-electron chi connectivity index (χ1n) is 9.10. The van der Waals surface area contributed by atoms with Gasteiger partial charge in [0.1, 0.15) is 0 Å². The van der Waals surface area contributed by atoms with Crippen molar-refractivity contribution in [3.63, 3.8) is 0 Å². The molecule has 1 aromatic heterocycles. The van der Waals surface area contributed by atoms with Gasteiger partial charge in [0.25, 0.3) is 5.91 Å². The maximum absolute atomic E-state index is 14.4. The first-order valence-corrected chi connectivity index (χ1v) is 9.89. The van der Waals surface area contributed by atoms with Crippen LogP contribution in [0.5, 0.6) is 5.75 Å². The molecule has 0 aliphatic heterocycles. The lowest BCUT2D eigenvalue weighted by atomic mass is 10.1. The quantitative estimate of drug-likeness (QED) is 0.499. The molecule has 0 spiro atoms. The maximum Gasteiger partial charge on any atom is 0.310 e. The second kappa shape index (κ2) is 8.37. The van der Waals surface area contributed by atoms with E-state index in [9.17, 15) is 14.0 Å². The molecule has 5 nitrogen and oxygen atoms in total. The number of hydrogen-bond acceptors (Lipinski definition) is 4. The predicted octanol–water partition coefficient (Wildman–Crippen LogP) is 5.04. The van der Waals surface area contributed by atoms with Crippen LogP contribution in [0.15, 0.2) is 40.9 Å². The van der Waals surface area contributed by atoms with Crippen LogP contribution in [-0.4, -0.2) is 29.7 Å². The average molecular weight is 462 g/mol. The summed E-state index contributed by atoms with van der Waals surface area (Å²) in [7, 11) is 1.37. The van der Waals surface area contributed by atoms with E-state index in [2.05, 4.69) is 15.9 Å². The van der Waals surface area contributed by atoms with Gasteiger partial charge >= 0.3 is 5.97 Å². The highest BCUT2D eigenvalue weighted by molar-refractivity contribution is 9.10. The second-order valence-electron chi connectivity index (χ2n) is 6.93. The van der Waals surface area contributed by atoms with Crippen molar-refractivity contribution in [1.29, 1.82) is 0 Å². The summed E-state index contributed by atoms with van der Waals surface area (Å²) >= 11 is 3.35. The first kappa shape index (κ1) is 21.0. The van der Waals surface area contributed by atoms with Gasteiger partial charge < -0.3 is 9.47 Å². The lowest BCUT2D eigenvalue weighted by molar-refractivity contribution is -0.146. The molecule has 0 atom stereocenters. The molecule has 1 heterocycles. The van der Waals surface area contributed by atoms with Crippen molar-refractivity contribution >= 4 is 38.7 Å². The van der Waals surface area contributed by atoms with Crippen molar-refractivity contribution < 1.29 is 23.5 Å². The molecule has 0 aliphatic rings. The molecular formula is C22H21BrFNO4. The van der Waals surface area contributed by atoms with Crippen molar-refractivity contribution in [3.8, 4) is 5.75 Å². The lowest BCUT2D eigenvalue weighted by Gasteiger charge is -2.09. The third kappa shape index (κ3) is 4.19. The molecule has 3 aromatic rings. The topological polar surface area (TPSA) is 57.5 Å². The number of carbonyl (C=O) groups excluding carboxylic acids is 2. The normalized spacial score (nSPS) is 11.1. The Morgan fingerprint density at radius 1 is 1.17 bits per heavy atom. The van der Waals surface area contributed by atoms with Crippen LogP contribution in [0.25, 0.3) is 10.9 Å². The molecule has 0 saturated carbocycles.